The van der Waals surface area contributed by atoms with Crippen LogP contribution in [0.4, 0.5) is 5.69 Å². The zero-order valence-electron chi connectivity index (χ0n) is 15.6. The Kier molecular flexibility index (Phi) is 5.41. The first-order chi connectivity index (χ1) is 13.2. The van der Waals surface area contributed by atoms with Crippen LogP contribution in [0.3, 0.4) is 0 Å². The number of carbonyl (C=O) groups is 1. The van der Waals surface area contributed by atoms with Gasteiger partial charge in [0.1, 0.15) is 5.75 Å². The lowest BCUT2D eigenvalue weighted by atomic mass is 10.1. The molecule has 0 amide bonds. The number of thiophene rings is 1. The zero-order valence-corrected chi connectivity index (χ0v) is 16.4. The maximum absolute atomic E-state index is 12.6. The van der Waals surface area contributed by atoms with Crippen molar-refractivity contribution in [2.75, 3.05) is 44.7 Å². The second kappa shape index (κ2) is 8.11. The summed E-state index contributed by atoms with van der Waals surface area (Å²) >= 11 is 1.72. The second-order valence-corrected chi connectivity index (χ2v) is 7.82. The lowest BCUT2D eigenvalue weighted by molar-refractivity contribution is -0.119. The van der Waals surface area contributed by atoms with Crippen molar-refractivity contribution >= 4 is 32.9 Å². The number of ketones is 1. The average Bonchev–Trinajstić information content (AvgIpc) is 3.11. The predicted octanol–water partition coefficient (Wildman–Crippen LogP) is 3.84. The van der Waals surface area contributed by atoms with Gasteiger partial charge in [-0.05, 0) is 34.5 Å². The van der Waals surface area contributed by atoms with Gasteiger partial charge in [0.05, 0.1) is 19.3 Å². The summed E-state index contributed by atoms with van der Waals surface area (Å²) in [4.78, 5) is 17.2. The summed E-state index contributed by atoms with van der Waals surface area (Å²) in [5, 5.41) is 3.35. The van der Waals surface area contributed by atoms with Crippen LogP contribution in [0.2, 0.25) is 0 Å². The highest BCUT2D eigenvalue weighted by atomic mass is 32.1. The number of fused-ring (bicyclic) bond motifs is 1. The van der Waals surface area contributed by atoms with Gasteiger partial charge in [0.15, 0.2) is 5.78 Å². The first-order valence-electron chi connectivity index (χ1n) is 9.32. The van der Waals surface area contributed by atoms with Gasteiger partial charge in [-0.25, -0.2) is 0 Å². The van der Waals surface area contributed by atoms with E-state index in [9.17, 15) is 4.79 Å². The number of carbonyl (C=O) groups excluding carboxylic acids is 1. The van der Waals surface area contributed by atoms with Crippen molar-refractivity contribution in [3.05, 3.63) is 59.5 Å². The Morgan fingerprint density at radius 3 is 2.59 bits per heavy atom. The number of ether oxygens (including phenoxy) is 1. The highest BCUT2D eigenvalue weighted by Crippen LogP contribution is 2.29. The number of nitrogens with zero attached hydrogens (tertiary/aromatic N) is 2. The van der Waals surface area contributed by atoms with Crippen molar-refractivity contribution in [3.63, 3.8) is 0 Å². The molecular formula is C22H24N2O2S. The summed E-state index contributed by atoms with van der Waals surface area (Å²) in [5.41, 5.74) is 2.30. The number of Topliss-reactive ketones (excluding diaryl/α,β-unsaturated/α-hetero) is 1. The number of hydrogen-bond acceptors (Lipinski definition) is 5. The molecule has 2 aromatic carbocycles. The van der Waals surface area contributed by atoms with E-state index in [1.165, 1.54) is 10.1 Å². The number of methoxy groups -OCH3 is 1. The third-order valence-corrected chi connectivity index (χ3v) is 6.16. The van der Waals surface area contributed by atoms with Crippen molar-refractivity contribution in [1.29, 1.82) is 0 Å². The molecule has 3 aromatic rings. The van der Waals surface area contributed by atoms with Crippen LogP contribution in [0.5, 0.6) is 5.75 Å². The first-order valence-corrected chi connectivity index (χ1v) is 10.2. The lowest BCUT2D eigenvalue weighted by Gasteiger charge is -2.36. The molecule has 2 heterocycles. The molecule has 0 N–H and O–H groups in total. The molecule has 0 saturated carbocycles. The minimum absolute atomic E-state index is 0.296. The van der Waals surface area contributed by atoms with Crippen LogP contribution in [0.1, 0.15) is 5.56 Å². The summed E-state index contributed by atoms with van der Waals surface area (Å²) in [6.45, 7) is 4.15. The van der Waals surface area contributed by atoms with E-state index < -0.39 is 0 Å². The highest BCUT2D eigenvalue weighted by Gasteiger charge is 2.21. The minimum atomic E-state index is 0.296. The number of benzene rings is 2. The van der Waals surface area contributed by atoms with Crippen molar-refractivity contribution in [2.24, 2.45) is 0 Å². The van der Waals surface area contributed by atoms with Gasteiger partial charge in [-0.1, -0.05) is 30.3 Å². The van der Waals surface area contributed by atoms with Crippen LogP contribution in [0.25, 0.3) is 10.1 Å². The number of para-hydroxylation sites is 2. The standard InChI is InChI=1S/C22H24N2O2S/c1-26-21-8-4-3-7-20(21)24-12-10-23(11-13-24)15-18(25)14-17-16-27-22-9-5-2-6-19(17)22/h2-9,16H,10-15H2,1H3. The van der Waals surface area contributed by atoms with Gasteiger partial charge in [0.25, 0.3) is 0 Å². The molecule has 27 heavy (non-hydrogen) atoms. The average molecular weight is 381 g/mol. The van der Waals surface area contributed by atoms with Crippen LogP contribution < -0.4 is 9.64 Å². The lowest BCUT2D eigenvalue weighted by Crippen LogP contribution is -2.48. The van der Waals surface area contributed by atoms with Gasteiger partial charge < -0.3 is 9.64 Å². The molecule has 1 aromatic heterocycles. The van der Waals surface area contributed by atoms with Crippen molar-refractivity contribution < 1.29 is 9.53 Å². The van der Waals surface area contributed by atoms with Crippen molar-refractivity contribution in [2.45, 2.75) is 6.42 Å². The summed E-state index contributed by atoms with van der Waals surface area (Å²) in [6.07, 6.45) is 0.525. The minimum Gasteiger partial charge on any atom is -0.495 e. The molecule has 4 nitrogen and oxygen atoms in total. The molecule has 0 unspecified atom stereocenters. The number of anilines is 1. The normalized spacial score (nSPS) is 15.2. The largest absolute Gasteiger partial charge is 0.495 e. The number of rotatable bonds is 6. The predicted molar refractivity (Wildman–Crippen MR) is 112 cm³/mol. The van der Waals surface area contributed by atoms with E-state index in [1.807, 2.05) is 30.3 Å². The van der Waals surface area contributed by atoms with E-state index in [2.05, 4.69) is 33.4 Å². The molecule has 0 bridgehead atoms. The van der Waals surface area contributed by atoms with E-state index in [0.717, 1.165) is 43.2 Å². The maximum atomic E-state index is 12.6. The van der Waals surface area contributed by atoms with Crippen LogP contribution in [0.15, 0.2) is 53.9 Å². The van der Waals surface area contributed by atoms with Crippen molar-refractivity contribution in [3.8, 4) is 5.75 Å². The fourth-order valence-corrected chi connectivity index (χ4v) is 4.69. The SMILES string of the molecule is COc1ccccc1N1CCN(CC(=O)Cc2csc3ccccc23)CC1. The third-order valence-electron chi connectivity index (χ3n) is 5.15. The first kappa shape index (κ1) is 18.0. The Bertz CT molecular complexity index is 929. The monoisotopic (exact) mass is 380 g/mol. The molecular weight excluding hydrogens is 356 g/mol. The molecule has 0 aliphatic carbocycles. The summed E-state index contributed by atoms with van der Waals surface area (Å²) in [6, 6.07) is 16.4. The van der Waals surface area contributed by atoms with Crippen LogP contribution in [-0.4, -0.2) is 50.5 Å². The van der Waals surface area contributed by atoms with Gasteiger partial charge in [0.2, 0.25) is 0 Å². The van der Waals surface area contributed by atoms with Gasteiger partial charge >= 0.3 is 0 Å². The van der Waals surface area contributed by atoms with Crippen LogP contribution in [0, 0.1) is 0 Å². The van der Waals surface area contributed by atoms with Gasteiger partial charge in [-0.3, -0.25) is 9.69 Å². The summed E-state index contributed by atoms with van der Waals surface area (Å²) < 4.78 is 6.73. The van der Waals surface area contributed by atoms with Gasteiger partial charge in [-0.2, -0.15) is 0 Å². The molecule has 4 rings (SSSR count). The van der Waals surface area contributed by atoms with Gasteiger partial charge in [0, 0.05) is 37.3 Å². The smallest absolute Gasteiger partial charge is 0.151 e. The van der Waals surface area contributed by atoms with Crippen molar-refractivity contribution in [1.82, 2.24) is 4.90 Å². The Morgan fingerprint density at radius 1 is 1.04 bits per heavy atom. The summed E-state index contributed by atoms with van der Waals surface area (Å²) in [5.74, 6) is 1.20. The molecule has 0 atom stereocenters. The topological polar surface area (TPSA) is 32.8 Å². The molecule has 1 aliphatic heterocycles. The molecule has 5 heteroatoms. The molecule has 0 spiro atoms. The highest BCUT2D eigenvalue weighted by molar-refractivity contribution is 7.17. The Labute approximate surface area is 164 Å². The number of piperazine rings is 1. The molecule has 140 valence electrons. The van der Waals surface area contributed by atoms with E-state index in [0.29, 0.717) is 18.7 Å². The third kappa shape index (κ3) is 3.99. The zero-order chi connectivity index (χ0) is 18.6. The maximum Gasteiger partial charge on any atom is 0.151 e. The Hall–Kier alpha value is -2.37. The van der Waals surface area contributed by atoms with E-state index >= 15 is 0 Å². The fraction of sp³-hybridized carbons (Fsp3) is 0.318. The van der Waals surface area contributed by atoms with E-state index in [-0.39, 0.29) is 0 Å². The quantitative estimate of drug-likeness (QED) is 0.650. The van der Waals surface area contributed by atoms with E-state index in [4.69, 9.17) is 4.74 Å². The molecule has 1 saturated heterocycles. The second-order valence-electron chi connectivity index (χ2n) is 6.91. The van der Waals surface area contributed by atoms with Crippen LogP contribution >= 0.6 is 11.3 Å². The fourth-order valence-electron chi connectivity index (χ4n) is 3.73. The molecule has 1 fully saturated rings. The van der Waals surface area contributed by atoms with Crippen LogP contribution in [-0.2, 0) is 11.2 Å². The number of hydrogen-bond donors (Lipinski definition) is 0. The molecule has 0 radical (unpaired) electrons. The molecule has 1 aliphatic rings. The van der Waals surface area contributed by atoms with E-state index in [1.54, 1.807) is 18.4 Å². The van der Waals surface area contributed by atoms with Gasteiger partial charge in [-0.15, -0.1) is 11.3 Å². The summed E-state index contributed by atoms with van der Waals surface area (Å²) in [7, 11) is 1.71. The Balaban J connectivity index is 1.33. The Morgan fingerprint density at radius 2 is 1.78 bits per heavy atom.